The Bertz CT molecular complexity index is 1170. The summed E-state index contributed by atoms with van der Waals surface area (Å²) in [6, 6.07) is 3.22. The highest BCUT2D eigenvalue weighted by Crippen LogP contribution is 2.19. The molecule has 0 unspecified atom stereocenters. The van der Waals surface area contributed by atoms with Crippen LogP contribution in [0.4, 0.5) is 0 Å². The fraction of sp³-hybridized carbons (Fsp3) is 0.714. The van der Waals surface area contributed by atoms with Crippen molar-refractivity contribution in [3.63, 3.8) is 0 Å². The maximum atomic E-state index is 12.9. The number of hydrogen-bond acceptors (Lipinski definition) is 6. The standard InChI is InChI=1S/C42H70O7S/c1-3-5-7-9-11-13-15-17-19-21-23-25-27-29-31-35-48-41(43)39-34-33-38(50(45,46)47)37-40(39)42(44)49-36-32-30-28-26-24-22-20-18-16-14-12-10-8-6-4-2/h27-30,33-34,37H,3-26,31-32,35-36H2,1-2H3,(H,45,46,47)/b29-27+,30-28+. The first-order valence-electron chi connectivity index (χ1n) is 20.1. The Morgan fingerprint density at radius 3 is 1.24 bits per heavy atom. The summed E-state index contributed by atoms with van der Waals surface area (Å²) in [6.07, 6.45) is 40.0. The van der Waals surface area contributed by atoms with Crippen LogP contribution in [0.2, 0.25) is 0 Å². The van der Waals surface area contributed by atoms with E-state index in [-0.39, 0.29) is 24.3 Å². The van der Waals surface area contributed by atoms with Gasteiger partial charge in [0.1, 0.15) is 0 Å². The second kappa shape index (κ2) is 31.3. The molecule has 1 N–H and O–H groups in total. The molecule has 50 heavy (non-hydrogen) atoms. The Morgan fingerprint density at radius 2 is 0.860 bits per heavy atom. The monoisotopic (exact) mass is 718 g/mol. The van der Waals surface area contributed by atoms with Gasteiger partial charge < -0.3 is 9.47 Å². The molecule has 0 aliphatic rings. The zero-order valence-corrected chi connectivity index (χ0v) is 32.5. The first-order valence-corrected chi connectivity index (χ1v) is 21.5. The number of hydrogen-bond donors (Lipinski definition) is 1. The van der Waals surface area contributed by atoms with Gasteiger partial charge in [-0.1, -0.05) is 167 Å². The highest BCUT2D eigenvalue weighted by molar-refractivity contribution is 7.85. The minimum absolute atomic E-state index is 0.0854. The predicted octanol–water partition coefficient (Wildman–Crippen LogP) is 12.5. The second-order valence-corrected chi connectivity index (χ2v) is 15.0. The summed E-state index contributed by atoms with van der Waals surface area (Å²) in [5.74, 6) is -1.59. The van der Waals surface area contributed by atoms with Crippen molar-refractivity contribution < 1.29 is 32.0 Å². The summed E-state index contributed by atoms with van der Waals surface area (Å²) in [5, 5.41) is 0. The quantitative estimate of drug-likeness (QED) is 0.0333. The number of unbranched alkanes of at least 4 members (excludes halogenated alkanes) is 22. The van der Waals surface area contributed by atoms with Gasteiger partial charge in [-0.25, -0.2) is 9.59 Å². The molecule has 1 aromatic carbocycles. The average molecular weight is 719 g/mol. The van der Waals surface area contributed by atoms with E-state index < -0.39 is 27.0 Å². The fourth-order valence-electron chi connectivity index (χ4n) is 5.95. The number of esters is 2. The minimum Gasteiger partial charge on any atom is -0.462 e. The third-order valence-corrected chi connectivity index (χ3v) is 9.90. The second-order valence-electron chi connectivity index (χ2n) is 13.6. The normalized spacial score (nSPS) is 11.9. The van der Waals surface area contributed by atoms with E-state index in [2.05, 4.69) is 26.0 Å². The van der Waals surface area contributed by atoms with Crippen molar-refractivity contribution in [3.8, 4) is 0 Å². The molecular formula is C42H70O7S. The summed E-state index contributed by atoms with van der Waals surface area (Å²) in [7, 11) is -4.58. The number of ether oxygens (including phenoxy) is 2. The summed E-state index contributed by atoms with van der Waals surface area (Å²) in [4.78, 5) is 25.2. The maximum absolute atomic E-state index is 12.9. The highest BCUT2D eigenvalue weighted by atomic mass is 32.2. The van der Waals surface area contributed by atoms with Crippen LogP contribution in [0.5, 0.6) is 0 Å². The third kappa shape index (κ3) is 24.7. The lowest BCUT2D eigenvalue weighted by atomic mass is 10.1. The Hall–Kier alpha value is -2.45. The number of benzene rings is 1. The van der Waals surface area contributed by atoms with Gasteiger partial charge in [-0.05, 0) is 56.7 Å². The van der Waals surface area contributed by atoms with Gasteiger partial charge in [-0.3, -0.25) is 4.55 Å². The van der Waals surface area contributed by atoms with E-state index in [0.29, 0.717) is 12.8 Å². The Labute approximate surface area is 305 Å². The Balaban J connectivity index is 2.32. The molecule has 0 atom stereocenters. The first kappa shape index (κ1) is 45.6. The molecule has 8 heteroatoms. The van der Waals surface area contributed by atoms with E-state index in [9.17, 15) is 22.6 Å². The van der Waals surface area contributed by atoms with Crippen LogP contribution in [-0.2, 0) is 19.6 Å². The lowest BCUT2D eigenvalue weighted by Crippen LogP contribution is -2.16. The molecule has 0 spiro atoms. The van der Waals surface area contributed by atoms with Crippen LogP contribution < -0.4 is 0 Å². The zero-order valence-electron chi connectivity index (χ0n) is 31.6. The molecule has 286 valence electrons. The average Bonchev–Trinajstić information content (AvgIpc) is 3.10. The van der Waals surface area contributed by atoms with Crippen LogP contribution in [0.1, 0.15) is 202 Å². The molecule has 0 aromatic heterocycles. The zero-order chi connectivity index (χ0) is 36.5. The largest absolute Gasteiger partial charge is 0.462 e. The van der Waals surface area contributed by atoms with Crippen LogP contribution >= 0.6 is 0 Å². The Morgan fingerprint density at radius 1 is 0.520 bits per heavy atom. The van der Waals surface area contributed by atoms with E-state index in [0.717, 1.165) is 37.8 Å². The van der Waals surface area contributed by atoms with Gasteiger partial charge in [-0.15, -0.1) is 0 Å². The minimum atomic E-state index is -4.58. The predicted molar refractivity (Wildman–Crippen MR) is 206 cm³/mol. The highest BCUT2D eigenvalue weighted by Gasteiger charge is 2.23. The van der Waals surface area contributed by atoms with Crippen LogP contribution in [0.3, 0.4) is 0 Å². The molecule has 0 aliphatic heterocycles. The lowest BCUT2D eigenvalue weighted by Gasteiger charge is -2.10. The lowest BCUT2D eigenvalue weighted by molar-refractivity contribution is 0.0464. The van der Waals surface area contributed by atoms with E-state index in [4.69, 9.17) is 9.47 Å². The van der Waals surface area contributed by atoms with Gasteiger partial charge in [-0.2, -0.15) is 8.42 Å². The van der Waals surface area contributed by atoms with E-state index in [1.807, 2.05) is 12.2 Å². The van der Waals surface area contributed by atoms with Gasteiger partial charge in [0.25, 0.3) is 10.1 Å². The van der Waals surface area contributed by atoms with Crippen LogP contribution in [0.15, 0.2) is 47.4 Å². The van der Waals surface area contributed by atoms with Crippen molar-refractivity contribution >= 4 is 22.1 Å². The summed E-state index contributed by atoms with van der Waals surface area (Å²) < 4.78 is 43.6. The van der Waals surface area contributed by atoms with Crippen molar-refractivity contribution in [1.29, 1.82) is 0 Å². The van der Waals surface area contributed by atoms with Crippen molar-refractivity contribution in [1.82, 2.24) is 0 Å². The molecular weight excluding hydrogens is 649 g/mol. The molecule has 0 amide bonds. The molecule has 0 saturated heterocycles. The summed E-state index contributed by atoms with van der Waals surface area (Å²) in [5.41, 5.74) is -0.346. The van der Waals surface area contributed by atoms with Gasteiger partial charge in [0, 0.05) is 0 Å². The topological polar surface area (TPSA) is 107 Å². The van der Waals surface area contributed by atoms with Crippen molar-refractivity contribution in [2.24, 2.45) is 0 Å². The molecule has 1 rings (SSSR count). The molecule has 0 bridgehead atoms. The van der Waals surface area contributed by atoms with Crippen molar-refractivity contribution in [3.05, 3.63) is 53.6 Å². The van der Waals surface area contributed by atoms with E-state index in [1.165, 1.54) is 134 Å². The third-order valence-electron chi connectivity index (χ3n) is 9.05. The van der Waals surface area contributed by atoms with Crippen LogP contribution in [-0.4, -0.2) is 38.1 Å². The molecule has 1 aromatic rings. The molecule has 7 nitrogen and oxygen atoms in total. The molecule has 0 heterocycles. The maximum Gasteiger partial charge on any atom is 0.339 e. The number of carbonyl (C=O) groups excluding carboxylic acids is 2. The smallest absolute Gasteiger partial charge is 0.339 e. The first-order chi connectivity index (χ1) is 24.3. The fourth-order valence-corrected chi connectivity index (χ4v) is 6.46. The summed E-state index contributed by atoms with van der Waals surface area (Å²) in [6.45, 7) is 4.72. The van der Waals surface area contributed by atoms with Crippen molar-refractivity contribution in [2.45, 2.75) is 186 Å². The van der Waals surface area contributed by atoms with Crippen molar-refractivity contribution in [2.75, 3.05) is 13.2 Å². The molecule has 0 radical (unpaired) electrons. The number of rotatable bonds is 33. The van der Waals surface area contributed by atoms with Gasteiger partial charge in [0.15, 0.2) is 0 Å². The van der Waals surface area contributed by atoms with Crippen LogP contribution in [0, 0.1) is 0 Å². The van der Waals surface area contributed by atoms with Crippen LogP contribution in [0.25, 0.3) is 0 Å². The molecule has 0 aliphatic carbocycles. The SMILES string of the molecule is CCCCCCCCCCCCC/C=C/CCOC(=O)c1ccc(S(=O)(=O)O)cc1C(=O)OCC/C=C/CCCCCCCCCCCCC. The van der Waals surface area contributed by atoms with Gasteiger partial charge >= 0.3 is 11.9 Å². The summed E-state index contributed by atoms with van der Waals surface area (Å²) >= 11 is 0. The number of allylic oxidation sites excluding steroid dienone is 2. The number of carbonyl (C=O) groups is 2. The van der Waals surface area contributed by atoms with E-state index in [1.54, 1.807) is 0 Å². The Kier molecular flexibility index (Phi) is 28.5. The molecule has 0 saturated carbocycles. The van der Waals surface area contributed by atoms with E-state index >= 15 is 0 Å². The van der Waals surface area contributed by atoms with Gasteiger partial charge in [0.2, 0.25) is 0 Å². The van der Waals surface area contributed by atoms with Gasteiger partial charge in [0.05, 0.1) is 29.2 Å². The molecule has 0 fully saturated rings.